The summed E-state index contributed by atoms with van der Waals surface area (Å²) in [5.74, 6) is 0.775. The Labute approximate surface area is 138 Å². The first kappa shape index (κ1) is 16.6. The molecule has 1 heterocycles. The molecule has 1 saturated heterocycles. The number of nitrogens with two attached hydrogens (primary N) is 1. The quantitative estimate of drug-likeness (QED) is 0.804. The zero-order valence-corrected chi connectivity index (χ0v) is 14.7. The van der Waals surface area contributed by atoms with Crippen LogP contribution in [0.15, 0.2) is 18.2 Å². The molecule has 116 valence electrons. The van der Waals surface area contributed by atoms with Gasteiger partial charge in [0.25, 0.3) is 0 Å². The van der Waals surface area contributed by atoms with Crippen LogP contribution in [0.4, 0.5) is 5.69 Å². The highest BCUT2D eigenvalue weighted by Gasteiger charge is 2.27. The summed E-state index contributed by atoms with van der Waals surface area (Å²) in [4.78, 5) is 2.80. The predicted octanol–water partition coefficient (Wildman–Crippen LogP) is 4.63. The molecule has 1 aliphatic rings. The highest BCUT2D eigenvalue weighted by molar-refractivity contribution is 7.80. The van der Waals surface area contributed by atoms with Crippen molar-refractivity contribution in [2.24, 2.45) is 17.1 Å². The van der Waals surface area contributed by atoms with E-state index in [1.54, 1.807) is 0 Å². The highest BCUT2D eigenvalue weighted by Crippen LogP contribution is 2.36. The minimum absolute atomic E-state index is 0.384. The van der Waals surface area contributed by atoms with Crippen molar-refractivity contribution in [3.63, 3.8) is 0 Å². The Balaban J connectivity index is 2.14. The zero-order valence-electron chi connectivity index (χ0n) is 13.2. The average molecular weight is 325 g/mol. The molecule has 2 nitrogen and oxygen atoms in total. The maximum atomic E-state index is 6.43. The molecule has 21 heavy (non-hydrogen) atoms. The Kier molecular flexibility index (Phi) is 5.15. The molecule has 0 spiro atoms. The van der Waals surface area contributed by atoms with Gasteiger partial charge in [-0.05, 0) is 48.8 Å². The van der Waals surface area contributed by atoms with Crippen LogP contribution in [0.3, 0.4) is 0 Å². The summed E-state index contributed by atoms with van der Waals surface area (Å²) in [7, 11) is 0. The lowest BCUT2D eigenvalue weighted by Crippen LogP contribution is -2.26. The molecule has 1 fully saturated rings. The number of hydrogen-bond acceptors (Lipinski definition) is 2. The minimum atomic E-state index is 0.384. The van der Waals surface area contributed by atoms with Gasteiger partial charge in [-0.3, -0.25) is 0 Å². The van der Waals surface area contributed by atoms with Crippen molar-refractivity contribution in [2.45, 2.75) is 40.0 Å². The predicted molar refractivity (Wildman–Crippen MR) is 96.3 cm³/mol. The number of rotatable bonds is 2. The third-order valence-corrected chi connectivity index (χ3v) is 5.06. The van der Waals surface area contributed by atoms with Crippen molar-refractivity contribution in [3.8, 4) is 0 Å². The Morgan fingerprint density at radius 1 is 1.29 bits per heavy atom. The van der Waals surface area contributed by atoms with E-state index in [9.17, 15) is 0 Å². The molecule has 1 unspecified atom stereocenters. The zero-order chi connectivity index (χ0) is 15.6. The first-order chi connectivity index (χ1) is 9.79. The van der Waals surface area contributed by atoms with Crippen LogP contribution in [0.2, 0.25) is 5.02 Å². The maximum absolute atomic E-state index is 6.43. The smallest absolute Gasteiger partial charge is 0.104 e. The van der Waals surface area contributed by atoms with Gasteiger partial charge in [-0.2, -0.15) is 0 Å². The van der Waals surface area contributed by atoms with Gasteiger partial charge in [-0.15, -0.1) is 0 Å². The lowest BCUT2D eigenvalue weighted by atomic mass is 9.77. The Morgan fingerprint density at radius 2 is 2.00 bits per heavy atom. The second-order valence-electron chi connectivity index (χ2n) is 7.01. The van der Waals surface area contributed by atoms with E-state index in [1.807, 2.05) is 18.2 Å². The molecule has 0 saturated carbocycles. The molecular weight excluding hydrogens is 300 g/mol. The van der Waals surface area contributed by atoms with E-state index in [2.05, 4.69) is 25.7 Å². The molecule has 1 atom stereocenters. The molecule has 1 aliphatic heterocycles. The number of benzene rings is 1. The van der Waals surface area contributed by atoms with E-state index >= 15 is 0 Å². The van der Waals surface area contributed by atoms with E-state index in [1.165, 1.54) is 19.3 Å². The summed E-state index contributed by atoms with van der Waals surface area (Å²) >= 11 is 11.4. The van der Waals surface area contributed by atoms with E-state index in [0.29, 0.717) is 10.4 Å². The molecule has 0 bridgehead atoms. The average Bonchev–Trinajstić information content (AvgIpc) is 2.63. The molecule has 2 N–H and O–H groups in total. The normalized spacial score (nSPS) is 20.2. The van der Waals surface area contributed by atoms with Crippen LogP contribution in [0.25, 0.3) is 0 Å². The number of nitrogens with zero attached hydrogens (tertiary/aromatic N) is 1. The van der Waals surface area contributed by atoms with Crippen molar-refractivity contribution in [1.82, 2.24) is 0 Å². The largest absolute Gasteiger partial charge is 0.389 e. The summed E-state index contributed by atoms with van der Waals surface area (Å²) in [5, 5.41) is 0.745. The Morgan fingerprint density at radius 3 is 2.57 bits per heavy atom. The van der Waals surface area contributed by atoms with Crippen molar-refractivity contribution in [3.05, 3.63) is 28.8 Å². The van der Waals surface area contributed by atoms with Crippen molar-refractivity contribution in [2.75, 3.05) is 18.0 Å². The third-order valence-electron chi connectivity index (χ3n) is 4.53. The first-order valence-corrected chi connectivity index (χ1v) is 8.42. The first-order valence-electron chi connectivity index (χ1n) is 7.63. The number of thiocarbonyl (C=S) groups is 1. The maximum Gasteiger partial charge on any atom is 0.104 e. The second-order valence-corrected chi connectivity index (χ2v) is 7.86. The summed E-state index contributed by atoms with van der Waals surface area (Å²) in [6, 6.07) is 5.90. The van der Waals surface area contributed by atoms with Gasteiger partial charge >= 0.3 is 0 Å². The number of hydrogen-bond donors (Lipinski definition) is 1. The van der Waals surface area contributed by atoms with Crippen LogP contribution in [-0.4, -0.2) is 18.1 Å². The van der Waals surface area contributed by atoms with Crippen molar-refractivity contribution in [1.29, 1.82) is 0 Å². The molecule has 0 radical (unpaired) electrons. The van der Waals surface area contributed by atoms with Crippen LogP contribution in [0, 0.1) is 11.3 Å². The van der Waals surface area contributed by atoms with Gasteiger partial charge in [0.2, 0.25) is 0 Å². The molecule has 0 aromatic heterocycles. The minimum Gasteiger partial charge on any atom is -0.389 e. The van der Waals surface area contributed by atoms with Crippen LogP contribution >= 0.6 is 23.8 Å². The molecule has 1 aromatic carbocycles. The fourth-order valence-electron chi connectivity index (χ4n) is 3.12. The van der Waals surface area contributed by atoms with E-state index < -0.39 is 0 Å². The van der Waals surface area contributed by atoms with E-state index in [0.717, 1.165) is 35.3 Å². The van der Waals surface area contributed by atoms with Crippen molar-refractivity contribution < 1.29 is 0 Å². The fraction of sp³-hybridized carbons (Fsp3) is 0.588. The van der Waals surface area contributed by atoms with Gasteiger partial charge < -0.3 is 10.6 Å². The van der Waals surface area contributed by atoms with Gasteiger partial charge in [0.1, 0.15) is 4.99 Å². The number of anilines is 1. The Hall–Kier alpha value is -0.800. The van der Waals surface area contributed by atoms with Crippen LogP contribution in [-0.2, 0) is 0 Å². The van der Waals surface area contributed by atoms with E-state index in [4.69, 9.17) is 29.6 Å². The van der Waals surface area contributed by atoms with Gasteiger partial charge in [0.05, 0.1) is 10.7 Å². The summed E-state index contributed by atoms with van der Waals surface area (Å²) in [5.41, 5.74) is 7.98. The van der Waals surface area contributed by atoms with Crippen LogP contribution in [0.5, 0.6) is 0 Å². The highest BCUT2D eigenvalue weighted by atomic mass is 35.5. The van der Waals surface area contributed by atoms with Crippen molar-refractivity contribution >= 4 is 34.5 Å². The summed E-state index contributed by atoms with van der Waals surface area (Å²) < 4.78 is 0. The molecule has 4 heteroatoms. The lowest BCUT2D eigenvalue weighted by molar-refractivity contribution is 0.220. The van der Waals surface area contributed by atoms with Gasteiger partial charge in [0, 0.05) is 18.7 Å². The van der Waals surface area contributed by atoms with Gasteiger partial charge in [0.15, 0.2) is 0 Å². The summed E-state index contributed by atoms with van der Waals surface area (Å²) in [6.07, 6.45) is 3.73. The topological polar surface area (TPSA) is 29.3 Å². The van der Waals surface area contributed by atoms with E-state index in [-0.39, 0.29) is 0 Å². The molecular formula is C17H25ClN2S. The van der Waals surface area contributed by atoms with Gasteiger partial charge in [-0.25, -0.2) is 0 Å². The molecule has 0 aliphatic carbocycles. The van der Waals surface area contributed by atoms with Crippen LogP contribution < -0.4 is 10.6 Å². The third kappa shape index (κ3) is 4.10. The monoisotopic (exact) mass is 324 g/mol. The number of halogens is 1. The standard InChI is InChI=1S/C17H25ClN2S/c1-17(2,3)13-5-4-9-20(10-8-13)15-7-6-12(16(19)21)11-14(15)18/h6-7,11,13H,4-5,8-10H2,1-3H3,(H2,19,21). The molecule has 2 rings (SSSR count). The van der Waals surface area contributed by atoms with Gasteiger partial charge in [-0.1, -0.05) is 44.6 Å². The molecule has 1 aromatic rings. The summed E-state index contributed by atoms with van der Waals surface area (Å²) in [6.45, 7) is 9.17. The fourth-order valence-corrected chi connectivity index (χ4v) is 3.55. The second kappa shape index (κ2) is 6.53. The van der Waals surface area contributed by atoms with Crippen LogP contribution in [0.1, 0.15) is 45.6 Å². The lowest BCUT2D eigenvalue weighted by Gasteiger charge is -2.30. The SMILES string of the molecule is CC(C)(C)C1CCCN(c2ccc(C(N)=S)cc2Cl)CC1. The molecule has 0 amide bonds. The Bertz CT molecular complexity index is 522.